The molecule has 4 rings (SSSR count). The summed E-state index contributed by atoms with van der Waals surface area (Å²) in [5.41, 5.74) is 3.70. The third-order valence-electron chi connectivity index (χ3n) is 4.83. The van der Waals surface area contributed by atoms with Crippen LogP contribution in [0.2, 0.25) is 0 Å². The lowest BCUT2D eigenvalue weighted by Crippen LogP contribution is -2.44. The Kier molecular flexibility index (Phi) is 4.05. The highest BCUT2D eigenvalue weighted by Crippen LogP contribution is 2.37. The molecule has 1 unspecified atom stereocenters. The van der Waals surface area contributed by atoms with Crippen LogP contribution in [0.25, 0.3) is 10.9 Å². The van der Waals surface area contributed by atoms with E-state index in [2.05, 4.69) is 10.3 Å². The van der Waals surface area contributed by atoms with Gasteiger partial charge in [-0.05, 0) is 36.2 Å². The number of carboxylic acids is 1. The molecule has 0 amide bonds. The molecule has 3 aromatic rings. The van der Waals surface area contributed by atoms with Crippen molar-refractivity contribution in [3.05, 3.63) is 59.3 Å². The number of hydrogen-bond acceptors (Lipinski definition) is 4. The van der Waals surface area contributed by atoms with Gasteiger partial charge in [0, 0.05) is 23.0 Å². The number of carboxylic acid groups (broad SMARTS) is 1. The Labute approximate surface area is 150 Å². The predicted molar refractivity (Wildman–Crippen MR) is 97.7 cm³/mol. The number of aromatic nitrogens is 1. The summed E-state index contributed by atoms with van der Waals surface area (Å²) in [4.78, 5) is 15.1. The highest BCUT2D eigenvalue weighted by atomic mass is 16.5. The normalized spacial score (nSPS) is 19.3. The van der Waals surface area contributed by atoms with Crippen molar-refractivity contribution in [1.82, 2.24) is 10.3 Å². The molecule has 4 N–H and O–H groups in total. The second-order valence-corrected chi connectivity index (χ2v) is 6.42. The topological polar surface area (TPSA) is 94.6 Å². The third kappa shape index (κ3) is 2.68. The van der Waals surface area contributed by atoms with Gasteiger partial charge in [-0.2, -0.15) is 0 Å². The van der Waals surface area contributed by atoms with Crippen LogP contribution in [-0.4, -0.2) is 33.8 Å². The van der Waals surface area contributed by atoms with Gasteiger partial charge in [-0.15, -0.1) is 0 Å². The Balaban J connectivity index is 1.83. The maximum Gasteiger partial charge on any atom is 0.321 e. The number of para-hydroxylation sites is 1. The number of aromatic hydroxyl groups is 1. The van der Waals surface area contributed by atoms with Crippen LogP contribution < -0.4 is 10.1 Å². The van der Waals surface area contributed by atoms with E-state index >= 15 is 0 Å². The molecular formula is C20H20N2O4. The Morgan fingerprint density at radius 3 is 2.81 bits per heavy atom. The first-order chi connectivity index (χ1) is 12.6. The van der Waals surface area contributed by atoms with Gasteiger partial charge in [0.05, 0.1) is 12.6 Å². The molecule has 6 nitrogen and oxygen atoms in total. The number of aromatic amines is 1. The smallest absolute Gasteiger partial charge is 0.321 e. The number of phenolic OH excluding ortho intramolecular Hbond substituents is 1. The molecule has 0 bridgehead atoms. The number of benzene rings is 2. The number of nitrogens with one attached hydrogen (secondary N) is 2. The third-order valence-corrected chi connectivity index (χ3v) is 4.83. The number of ether oxygens (including phenoxy) is 1. The van der Waals surface area contributed by atoms with E-state index in [9.17, 15) is 15.0 Å². The van der Waals surface area contributed by atoms with Crippen LogP contribution in [0.4, 0.5) is 0 Å². The van der Waals surface area contributed by atoms with Crippen molar-refractivity contribution in [3.8, 4) is 11.5 Å². The molecule has 26 heavy (non-hydrogen) atoms. The molecule has 2 aromatic carbocycles. The van der Waals surface area contributed by atoms with Crippen LogP contribution in [0.15, 0.2) is 42.5 Å². The SMILES string of the molecule is CCOc1ccc(C2N[C@H](C(=O)O)Cc3c2[nH]c2ccccc32)cc1O. The second-order valence-electron chi connectivity index (χ2n) is 6.42. The molecule has 0 saturated carbocycles. The van der Waals surface area contributed by atoms with Crippen molar-refractivity contribution in [2.24, 2.45) is 0 Å². The van der Waals surface area contributed by atoms with Crippen LogP contribution in [-0.2, 0) is 11.2 Å². The Morgan fingerprint density at radius 1 is 1.27 bits per heavy atom. The molecule has 134 valence electrons. The lowest BCUT2D eigenvalue weighted by molar-refractivity contribution is -0.139. The van der Waals surface area contributed by atoms with Crippen LogP contribution >= 0.6 is 0 Å². The van der Waals surface area contributed by atoms with Gasteiger partial charge in [0.1, 0.15) is 6.04 Å². The van der Waals surface area contributed by atoms with Gasteiger partial charge in [-0.25, -0.2) is 0 Å². The van der Waals surface area contributed by atoms with Crippen molar-refractivity contribution >= 4 is 16.9 Å². The molecular weight excluding hydrogens is 332 g/mol. The Morgan fingerprint density at radius 2 is 2.08 bits per heavy atom. The molecule has 6 heteroatoms. The van der Waals surface area contributed by atoms with Crippen LogP contribution in [0, 0.1) is 0 Å². The molecule has 0 spiro atoms. The van der Waals surface area contributed by atoms with Gasteiger partial charge in [-0.3, -0.25) is 10.1 Å². The molecule has 2 atom stereocenters. The monoisotopic (exact) mass is 352 g/mol. The van der Waals surface area contributed by atoms with Gasteiger partial charge in [0.15, 0.2) is 11.5 Å². The highest BCUT2D eigenvalue weighted by molar-refractivity contribution is 5.87. The van der Waals surface area contributed by atoms with E-state index < -0.39 is 12.0 Å². The zero-order valence-corrected chi connectivity index (χ0v) is 14.3. The van der Waals surface area contributed by atoms with Gasteiger partial charge < -0.3 is 19.9 Å². The molecule has 0 saturated heterocycles. The maximum atomic E-state index is 11.7. The first kappa shape index (κ1) is 16.5. The van der Waals surface area contributed by atoms with Crippen molar-refractivity contribution in [2.75, 3.05) is 6.61 Å². The molecule has 0 fully saturated rings. The summed E-state index contributed by atoms with van der Waals surface area (Å²) in [6.07, 6.45) is 0.411. The number of carbonyl (C=O) groups is 1. The van der Waals surface area contributed by atoms with E-state index in [-0.39, 0.29) is 11.8 Å². The van der Waals surface area contributed by atoms with Gasteiger partial charge in [-0.1, -0.05) is 24.3 Å². The molecule has 0 aliphatic carbocycles. The summed E-state index contributed by atoms with van der Waals surface area (Å²) < 4.78 is 5.38. The quantitative estimate of drug-likeness (QED) is 0.579. The lowest BCUT2D eigenvalue weighted by Gasteiger charge is -2.29. The standard InChI is InChI=1S/C20H20N2O4/c1-2-26-17-8-7-11(9-16(17)23)18-19-13(10-15(22-18)20(24)25)12-5-3-4-6-14(12)21-19/h3-9,15,18,21-23H,2,10H2,1H3,(H,24,25)/t15-,18?/m0/s1. The summed E-state index contributed by atoms with van der Waals surface area (Å²) in [6.45, 7) is 2.31. The number of rotatable bonds is 4. The van der Waals surface area contributed by atoms with Crippen LogP contribution in [0.3, 0.4) is 0 Å². The molecule has 1 aromatic heterocycles. The van der Waals surface area contributed by atoms with E-state index in [1.807, 2.05) is 37.3 Å². The van der Waals surface area contributed by atoms with E-state index in [0.29, 0.717) is 18.8 Å². The minimum Gasteiger partial charge on any atom is -0.504 e. The van der Waals surface area contributed by atoms with Crippen molar-refractivity contribution < 1.29 is 19.7 Å². The number of hydrogen-bond donors (Lipinski definition) is 4. The predicted octanol–water partition coefficient (Wildman–Crippen LogP) is 2.96. The first-order valence-electron chi connectivity index (χ1n) is 8.62. The minimum absolute atomic E-state index is 0.0428. The number of phenols is 1. The van der Waals surface area contributed by atoms with Gasteiger partial charge in [0.2, 0.25) is 0 Å². The largest absolute Gasteiger partial charge is 0.504 e. The van der Waals surface area contributed by atoms with Crippen molar-refractivity contribution in [2.45, 2.75) is 25.4 Å². The summed E-state index contributed by atoms with van der Waals surface area (Å²) >= 11 is 0. The number of fused-ring (bicyclic) bond motifs is 3. The first-order valence-corrected chi connectivity index (χ1v) is 8.62. The summed E-state index contributed by atoms with van der Waals surface area (Å²) in [7, 11) is 0. The number of H-pyrrole nitrogens is 1. The molecule has 0 radical (unpaired) electrons. The fourth-order valence-corrected chi connectivity index (χ4v) is 3.65. The van der Waals surface area contributed by atoms with Gasteiger partial charge in [0.25, 0.3) is 0 Å². The van der Waals surface area contributed by atoms with Crippen molar-refractivity contribution in [3.63, 3.8) is 0 Å². The lowest BCUT2D eigenvalue weighted by atomic mass is 9.90. The Hall–Kier alpha value is -2.99. The average Bonchev–Trinajstić information content (AvgIpc) is 3.01. The van der Waals surface area contributed by atoms with Crippen LogP contribution in [0.5, 0.6) is 11.5 Å². The average molecular weight is 352 g/mol. The van der Waals surface area contributed by atoms with Crippen LogP contribution in [0.1, 0.15) is 29.8 Å². The minimum atomic E-state index is -0.888. The zero-order chi connectivity index (χ0) is 18.3. The van der Waals surface area contributed by atoms with Gasteiger partial charge >= 0.3 is 5.97 Å². The highest BCUT2D eigenvalue weighted by Gasteiger charge is 2.34. The van der Waals surface area contributed by atoms with E-state index in [0.717, 1.165) is 27.7 Å². The Bertz CT molecular complexity index is 979. The molecule has 1 aliphatic heterocycles. The zero-order valence-electron chi connectivity index (χ0n) is 14.3. The summed E-state index contributed by atoms with van der Waals surface area (Å²) in [6, 6.07) is 12.0. The van der Waals surface area contributed by atoms with Crippen molar-refractivity contribution in [1.29, 1.82) is 0 Å². The molecule has 2 heterocycles. The molecule has 1 aliphatic rings. The van der Waals surface area contributed by atoms with E-state index in [4.69, 9.17) is 4.74 Å². The summed E-state index contributed by atoms with van der Waals surface area (Å²) in [5.74, 6) is -0.430. The fraction of sp³-hybridized carbons (Fsp3) is 0.250. The number of aliphatic carboxylic acids is 1. The second kappa shape index (κ2) is 6.38. The van der Waals surface area contributed by atoms with E-state index in [1.165, 1.54) is 0 Å². The van der Waals surface area contributed by atoms with E-state index in [1.54, 1.807) is 12.1 Å². The maximum absolute atomic E-state index is 11.7. The summed E-state index contributed by atoms with van der Waals surface area (Å²) in [5, 5.41) is 24.0. The fourth-order valence-electron chi connectivity index (χ4n) is 3.65.